The molecule has 1 heterocycles. The lowest BCUT2D eigenvalue weighted by molar-refractivity contribution is 0.0739. The average Bonchev–Trinajstić information content (AvgIpc) is 3.12. The monoisotopic (exact) mass is 560 g/mol. The maximum atomic E-state index is 12.7. The number of para-hydroxylation sites is 1. The molecule has 0 aliphatic heterocycles. The third-order valence-electron chi connectivity index (χ3n) is 4.33. The lowest BCUT2D eigenvalue weighted by Gasteiger charge is -2.07. The van der Waals surface area contributed by atoms with Crippen LogP contribution in [0.3, 0.4) is 0 Å². The third kappa shape index (κ3) is 4.79. The summed E-state index contributed by atoms with van der Waals surface area (Å²) in [5.74, 6) is -0.559. The van der Waals surface area contributed by atoms with Crippen molar-refractivity contribution < 1.29 is 14.3 Å². The van der Waals surface area contributed by atoms with Crippen LogP contribution in [-0.4, -0.2) is 18.1 Å². The Bertz CT molecular complexity index is 1320. The van der Waals surface area contributed by atoms with Crippen LogP contribution >= 0.6 is 45.5 Å². The molecule has 0 radical (unpaired) electrons. The molecule has 31 heavy (non-hydrogen) atoms. The highest BCUT2D eigenvalue weighted by molar-refractivity contribution is 14.1. The van der Waals surface area contributed by atoms with E-state index in [1.165, 1.54) is 17.6 Å². The molecular weight excluding hydrogens is 547 g/mol. The highest BCUT2D eigenvalue weighted by Crippen LogP contribution is 2.36. The summed E-state index contributed by atoms with van der Waals surface area (Å²) in [5.41, 5.74) is 3.56. The number of ether oxygens (including phenoxy) is 1. The zero-order valence-corrected chi connectivity index (χ0v) is 19.6. The zero-order valence-electron chi connectivity index (χ0n) is 15.8. The van der Waals surface area contributed by atoms with E-state index in [0.29, 0.717) is 26.8 Å². The Morgan fingerprint density at radius 2 is 1.71 bits per heavy atom. The molecule has 5 nitrogen and oxygen atoms in total. The van der Waals surface area contributed by atoms with Gasteiger partial charge in [0.15, 0.2) is 0 Å². The zero-order chi connectivity index (χ0) is 21.8. The molecule has 4 aromatic rings. The number of thiophene rings is 1. The first kappa shape index (κ1) is 21.5. The van der Waals surface area contributed by atoms with Crippen molar-refractivity contribution in [3.63, 3.8) is 0 Å². The molecule has 0 fully saturated rings. The average molecular weight is 561 g/mol. The lowest BCUT2D eigenvalue weighted by atomic mass is 10.2. The number of carbonyl (C=O) groups excluding carboxylic acids is 2. The highest BCUT2D eigenvalue weighted by atomic mass is 127. The van der Waals surface area contributed by atoms with Crippen LogP contribution in [0.2, 0.25) is 5.02 Å². The fourth-order valence-electron chi connectivity index (χ4n) is 2.84. The van der Waals surface area contributed by atoms with Gasteiger partial charge >= 0.3 is 5.97 Å². The second-order valence-electron chi connectivity index (χ2n) is 6.35. The van der Waals surface area contributed by atoms with Crippen LogP contribution in [0.1, 0.15) is 25.6 Å². The standard InChI is InChI=1S/C23H14ClIN2O3S/c24-20-16-9-3-6-12-19(16)31-21(20)23(29)30-18-11-5-1-7-14(18)13-26-27-22(28)15-8-2-4-10-17(15)25/h1-13H,(H,27,28)/b26-13+. The Labute approximate surface area is 200 Å². The van der Waals surface area contributed by atoms with Gasteiger partial charge in [-0.2, -0.15) is 5.10 Å². The van der Waals surface area contributed by atoms with Crippen molar-refractivity contribution in [2.75, 3.05) is 0 Å². The molecule has 0 aliphatic carbocycles. The van der Waals surface area contributed by atoms with Gasteiger partial charge in [0.05, 0.1) is 16.8 Å². The van der Waals surface area contributed by atoms with Gasteiger partial charge in [0, 0.05) is 19.2 Å². The maximum absolute atomic E-state index is 12.7. The Balaban J connectivity index is 1.51. The topological polar surface area (TPSA) is 67.8 Å². The van der Waals surface area contributed by atoms with E-state index >= 15 is 0 Å². The second-order valence-corrected chi connectivity index (χ2v) is 8.94. The molecule has 3 aromatic carbocycles. The van der Waals surface area contributed by atoms with E-state index in [9.17, 15) is 9.59 Å². The minimum atomic E-state index is -0.546. The van der Waals surface area contributed by atoms with E-state index in [4.69, 9.17) is 16.3 Å². The van der Waals surface area contributed by atoms with Crippen LogP contribution < -0.4 is 10.2 Å². The maximum Gasteiger partial charge on any atom is 0.355 e. The summed E-state index contributed by atoms with van der Waals surface area (Å²) >= 11 is 9.75. The van der Waals surface area contributed by atoms with Crippen LogP contribution in [0.15, 0.2) is 77.9 Å². The van der Waals surface area contributed by atoms with Gasteiger partial charge in [0.1, 0.15) is 10.6 Å². The van der Waals surface area contributed by atoms with E-state index in [-0.39, 0.29) is 5.91 Å². The normalized spacial score (nSPS) is 11.0. The SMILES string of the molecule is O=C(N/N=C/c1ccccc1OC(=O)c1sc2ccccc2c1Cl)c1ccccc1I. The number of esters is 1. The summed E-state index contributed by atoms with van der Waals surface area (Å²) in [6.45, 7) is 0. The number of amides is 1. The summed E-state index contributed by atoms with van der Waals surface area (Å²) in [5, 5.41) is 5.20. The van der Waals surface area contributed by atoms with Crippen molar-refractivity contribution in [1.29, 1.82) is 0 Å². The van der Waals surface area contributed by atoms with E-state index < -0.39 is 5.97 Å². The molecule has 8 heteroatoms. The number of fused-ring (bicyclic) bond motifs is 1. The fourth-order valence-corrected chi connectivity index (χ4v) is 4.85. The van der Waals surface area contributed by atoms with Crippen LogP contribution in [0.5, 0.6) is 5.75 Å². The minimum Gasteiger partial charge on any atom is -0.422 e. The summed E-state index contributed by atoms with van der Waals surface area (Å²) in [6.07, 6.45) is 1.43. The smallest absolute Gasteiger partial charge is 0.355 e. The van der Waals surface area contributed by atoms with Gasteiger partial charge in [0.2, 0.25) is 0 Å². The number of rotatable bonds is 5. The molecule has 4 rings (SSSR count). The van der Waals surface area contributed by atoms with Crippen LogP contribution in [-0.2, 0) is 0 Å². The number of halogens is 2. The van der Waals surface area contributed by atoms with Crippen molar-refractivity contribution >= 4 is 73.7 Å². The second kappa shape index (κ2) is 9.59. The van der Waals surface area contributed by atoms with Crippen LogP contribution in [0.4, 0.5) is 0 Å². The summed E-state index contributed by atoms with van der Waals surface area (Å²) in [7, 11) is 0. The van der Waals surface area contributed by atoms with Gasteiger partial charge in [-0.25, -0.2) is 10.2 Å². The number of hydrogen-bond acceptors (Lipinski definition) is 5. The molecule has 1 amide bonds. The first-order valence-electron chi connectivity index (χ1n) is 9.11. The van der Waals surface area contributed by atoms with Crippen molar-refractivity contribution in [1.82, 2.24) is 5.43 Å². The van der Waals surface area contributed by atoms with Gasteiger partial charge in [-0.15, -0.1) is 11.3 Å². The van der Waals surface area contributed by atoms with Crippen LogP contribution in [0.25, 0.3) is 10.1 Å². The minimum absolute atomic E-state index is 0.313. The van der Waals surface area contributed by atoms with Crippen LogP contribution in [0, 0.1) is 3.57 Å². The Kier molecular flexibility index (Phi) is 6.64. The largest absolute Gasteiger partial charge is 0.422 e. The van der Waals surface area contributed by atoms with Gasteiger partial charge in [0.25, 0.3) is 5.91 Å². The van der Waals surface area contributed by atoms with Gasteiger partial charge in [-0.3, -0.25) is 4.79 Å². The quantitative estimate of drug-likeness (QED) is 0.105. The molecular formula is C23H14ClIN2O3S. The number of benzene rings is 3. The summed E-state index contributed by atoms with van der Waals surface area (Å²) in [6, 6.07) is 21.6. The molecule has 0 saturated carbocycles. The predicted molar refractivity (Wildman–Crippen MR) is 132 cm³/mol. The van der Waals surface area contributed by atoms with Crippen molar-refractivity contribution in [3.05, 3.63) is 97.4 Å². The Morgan fingerprint density at radius 1 is 1.00 bits per heavy atom. The molecule has 0 unspecified atom stereocenters. The number of nitrogens with one attached hydrogen (secondary N) is 1. The van der Waals surface area contributed by atoms with E-state index in [0.717, 1.165) is 13.7 Å². The first-order chi connectivity index (χ1) is 15.0. The number of hydrogen-bond donors (Lipinski definition) is 1. The highest BCUT2D eigenvalue weighted by Gasteiger charge is 2.19. The number of carbonyl (C=O) groups is 2. The summed E-state index contributed by atoms with van der Waals surface area (Å²) in [4.78, 5) is 25.4. The van der Waals surface area contributed by atoms with Gasteiger partial charge < -0.3 is 4.74 Å². The van der Waals surface area contributed by atoms with E-state index in [2.05, 4.69) is 33.1 Å². The van der Waals surface area contributed by atoms with Gasteiger partial charge in [-0.05, 0) is 52.9 Å². The number of nitrogens with zero attached hydrogens (tertiary/aromatic N) is 1. The molecule has 1 aromatic heterocycles. The molecule has 0 atom stereocenters. The molecule has 0 bridgehead atoms. The molecule has 154 valence electrons. The molecule has 0 saturated heterocycles. The fraction of sp³-hybridized carbons (Fsp3) is 0. The lowest BCUT2D eigenvalue weighted by Crippen LogP contribution is -2.18. The Hall–Kier alpha value is -2.75. The Morgan fingerprint density at radius 3 is 2.52 bits per heavy atom. The first-order valence-corrected chi connectivity index (χ1v) is 11.4. The molecule has 0 aliphatic rings. The van der Waals surface area contributed by atoms with E-state index in [1.807, 2.05) is 36.4 Å². The molecule has 0 spiro atoms. The number of hydrazone groups is 1. The van der Waals surface area contributed by atoms with Crippen molar-refractivity contribution in [2.45, 2.75) is 0 Å². The van der Waals surface area contributed by atoms with Crippen molar-refractivity contribution in [3.8, 4) is 5.75 Å². The predicted octanol–water partition coefficient (Wildman–Crippen LogP) is 6.14. The van der Waals surface area contributed by atoms with E-state index in [1.54, 1.807) is 36.4 Å². The molecule has 1 N–H and O–H groups in total. The van der Waals surface area contributed by atoms with Crippen molar-refractivity contribution in [2.24, 2.45) is 5.10 Å². The van der Waals surface area contributed by atoms with Gasteiger partial charge in [-0.1, -0.05) is 54.1 Å². The third-order valence-corrected chi connectivity index (χ3v) is 6.93. The summed E-state index contributed by atoms with van der Waals surface area (Å²) < 4.78 is 7.32.